The minimum Gasteiger partial charge on any atom is -0.450 e. The molecule has 7 nitrogen and oxygen atoms in total. The lowest BCUT2D eigenvalue weighted by molar-refractivity contribution is -0.324. The number of alkyl halides is 3. The number of aromatic nitrogens is 1. The predicted molar refractivity (Wildman–Crippen MR) is 86.3 cm³/mol. The van der Waals surface area contributed by atoms with Gasteiger partial charge in [0.15, 0.2) is 0 Å². The summed E-state index contributed by atoms with van der Waals surface area (Å²) < 4.78 is 55.3. The van der Waals surface area contributed by atoms with Gasteiger partial charge in [0.05, 0.1) is 19.4 Å². The summed E-state index contributed by atoms with van der Waals surface area (Å²) in [7, 11) is 0. The van der Waals surface area contributed by atoms with Gasteiger partial charge in [-0.15, -0.1) is 13.2 Å². The van der Waals surface area contributed by atoms with Crippen LogP contribution in [-0.4, -0.2) is 41.8 Å². The maximum atomic E-state index is 11.9. The summed E-state index contributed by atoms with van der Waals surface area (Å²) in [5.41, 5.74) is -0.971. The lowest BCUT2D eigenvalue weighted by Gasteiger charge is -2.69. The molecule has 0 radical (unpaired) electrons. The van der Waals surface area contributed by atoms with Gasteiger partial charge in [-0.05, 0) is 40.0 Å². The van der Waals surface area contributed by atoms with E-state index >= 15 is 0 Å². The van der Waals surface area contributed by atoms with Crippen molar-refractivity contribution >= 4 is 6.09 Å². The number of oxazole rings is 1. The largest absolute Gasteiger partial charge is 0.522 e. The smallest absolute Gasteiger partial charge is 0.450 e. The van der Waals surface area contributed by atoms with E-state index in [1.807, 2.05) is 0 Å². The van der Waals surface area contributed by atoms with E-state index in [-0.39, 0.29) is 30.1 Å². The Balaban J connectivity index is 1.40. The van der Waals surface area contributed by atoms with Gasteiger partial charge in [-0.1, -0.05) is 0 Å². The van der Waals surface area contributed by atoms with Crippen LogP contribution in [-0.2, 0) is 14.9 Å². The van der Waals surface area contributed by atoms with Crippen molar-refractivity contribution in [1.29, 1.82) is 0 Å². The number of hydrogen-bond acceptors (Lipinski definition) is 6. The third-order valence-electron chi connectivity index (χ3n) is 4.58. The molecule has 27 heavy (non-hydrogen) atoms. The Bertz CT molecular complexity index is 676. The summed E-state index contributed by atoms with van der Waals surface area (Å²) in [5.74, 6) is 0.664. The van der Waals surface area contributed by atoms with Crippen LogP contribution in [0.5, 0.6) is 6.08 Å². The zero-order chi connectivity index (χ0) is 19.9. The molecule has 3 aliphatic rings. The molecule has 1 amide bonds. The molecule has 152 valence electrons. The Morgan fingerprint density at radius 1 is 1.26 bits per heavy atom. The van der Waals surface area contributed by atoms with Crippen LogP contribution in [0.4, 0.5) is 18.0 Å². The van der Waals surface area contributed by atoms with Gasteiger partial charge in [0.25, 0.3) is 0 Å². The van der Waals surface area contributed by atoms with Gasteiger partial charge < -0.3 is 19.2 Å². The average molecular weight is 392 g/mol. The Labute approximate surface area is 154 Å². The molecule has 3 fully saturated rings. The number of ether oxygens (including phenoxy) is 3. The van der Waals surface area contributed by atoms with Crippen LogP contribution in [0.1, 0.15) is 52.2 Å². The molecule has 1 aromatic rings. The van der Waals surface area contributed by atoms with Gasteiger partial charge in [-0.3, -0.25) is 4.74 Å². The molecule has 0 aliphatic heterocycles. The number of carbonyl (C=O) groups is 1. The average Bonchev–Trinajstić information content (AvgIpc) is 2.86. The number of amides is 1. The lowest BCUT2D eigenvalue weighted by Crippen LogP contribution is -2.76. The summed E-state index contributed by atoms with van der Waals surface area (Å²) >= 11 is 0. The standard InChI is InChI=1S/C17H23F3N2O5/c1-14(2,3)27-12(23)22-16-8-15(9-16,10-16)11-7-21-13(26-11)24-5-4-6-25-17(18,19)20/h7H,4-6,8-10H2,1-3H3,(H,22,23). The fraction of sp³-hybridized carbons (Fsp3) is 0.765. The van der Waals surface area contributed by atoms with E-state index in [1.165, 1.54) is 0 Å². The zero-order valence-corrected chi connectivity index (χ0v) is 15.4. The number of nitrogens with one attached hydrogen (secondary N) is 1. The first-order valence-electron chi connectivity index (χ1n) is 8.71. The molecule has 10 heteroatoms. The summed E-state index contributed by atoms with van der Waals surface area (Å²) in [6.07, 6.45) is -1.23. The van der Waals surface area contributed by atoms with E-state index in [2.05, 4.69) is 15.0 Å². The minimum absolute atomic E-state index is 0.00711. The second kappa shape index (κ2) is 6.57. The molecule has 0 aromatic carbocycles. The van der Waals surface area contributed by atoms with E-state index in [4.69, 9.17) is 13.9 Å². The van der Waals surface area contributed by atoms with Gasteiger partial charge in [0.1, 0.15) is 11.4 Å². The van der Waals surface area contributed by atoms with E-state index in [0.717, 1.165) is 19.3 Å². The molecule has 2 bridgehead atoms. The van der Waals surface area contributed by atoms with Gasteiger partial charge in [-0.25, -0.2) is 4.79 Å². The van der Waals surface area contributed by atoms with Crippen LogP contribution in [0, 0.1) is 0 Å². The van der Waals surface area contributed by atoms with Crippen molar-refractivity contribution in [2.45, 2.75) is 69.4 Å². The first kappa shape index (κ1) is 19.8. The summed E-state index contributed by atoms with van der Waals surface area (Å²) in [5, 5.41) is 2.92. The fourth-order valence-electron chi connectivity index (χ4n) is 3.68. The molecule has 3 aliphatic carbocycles. The van der Waals surface area contributed by atoms with Crippen molar-refractivity contribution in [3.63, 3.8) is 0 Å². The van der Waals surface area contributed by atoms with Gasteiger partial charge in [0.2, 0.25) is 0 Å². The van der Waals surface area contributed by atoms with Crippen LogP contribution >= 0.6 is 0 Å². The lowest BCUT2D eigenvalue weighted by atomic mass is 9.38. The Kier molecular flexibility index (Phi) is 4.82. The van der Waals surface area contributed by atoms with Crippen molar-refractivity contribution in [2.24, 2.45) is 0 Å². The predicted octanol–water partition coefficient (Wildman–Crippen LogP) is 3.68. The van der Waals surface area contributed by atoms with E-state index in [1.54, 1.807) is 27.0 Å². The first-order valence-corrected chi connectivity index (χ1v) is 8.71. The molecular weight excluding hydrogens is 369 g/mol. The van der Waals surface area contributed by atoms with Gasteiger partial charge in [0, 0.05) is 17.4 Å². The number of alkyl carbamates (subject to hydrolysis) is 1. The highest BCUT2D eigenvalue weighted by Gasteiger charge is 2.71. The first-order chi connectivity index (χ1) is 12.4. The van der Waals surface area contributed by atoms with Gasteiger partial charge >= 0.3 is 18.5 Å². The number of nitrogens with zero attached hydrogens (tertiary/aromatic N) is 1. The fourth-order valence-corrected chi connectivity index (χ4v) is 3.68. The second-order valence-corrected chi connectivity index (χ2v) is 8.20. The van der Waals surface area contributed by atoms with Crippen LogP contribution in [0.25, 0.3) is 0 Å². The van der Waals surface area contributed by atoms with Crippen LogP contribution < -0.4 is 10.1 Å². The monoisotopic (exact) mass is 392 g/mol. The quantitative estimate of drug-likeness (QED) is 0.713. The van der Waals surface area contributed by atoms with Crippen molar-refractivity contribution in [3.05, 3.63) is 12.0 Å². The van der Waals surface area contributed by atoms with Crippen LogP contribution in [0.3, 0.4) is 0 Å². The number of rotatable bonds is 7. The molecule has 0 saturated heterocycles. The molecule has 4 rings (SSSR count). The molecule has 3 saturated carbocycles. The van der Waals surface area contributed by atoms with Crippen LogP contribution in [0.2, 0.25) is 0 Å². The summed E-state index contributed by atoms with van der Waals surface area (Å²) in [4.78, 5) is 15.9. The normalized spacial score (nSPS) is 26.7. The minimum atomic E-state index is -4.64. The number of hydrogen-bond donors (Lipinski definition) is 1. The Morgan fingerprint density at radius 2 is 1.93 bits per heavy atom. The topological polar surface area (TPSA) is 82.8 Å². The highest BCUT2D eigenvalue weighted by molar-refractivity contribution is 5.70. The summed E-state index contributed by atoms with van der Waals surface area (Å²) in [6, 6.07) is 0. The zero-order valence-electron chi connectivity index (χ0n) is 15.4. The number of halogens is 3. The van der Waals surface area contributed by atoms with Crippen molar-refractivity contribution in [2.75, 3.05) is 13.2 Å². The Hall–Kier alpha value is -1.97. The molecule has 0 atom stereocenters. The van der Waals surface area contributed by atoms with E-state index in [0.29, 0.717) is 5.76 Å². The second-order valence-electron chi connectivity index (χ2n) is 8.20. The van der Waals surface area contributed by atoms with Gasteiger partial charge in [-0.2, -0.15) is 4.98 Å². The van der Waals surface area contributed by atoms with Crippen molar-refractivity contribution < 1.29 is 36.6 Å². The van der Waals surface area contributed by atoms with E-state index < -0.39 is 24.7 Å². The van der Waals surface area contributed by atoms with Crippen molar-refractivity contribution in [3.8, 4) is 6.08 Å². The maximum Gasteiger partial charge on any atom is 0.522 e. The maximum absolute atomic E-state index is 11.9. The number of carbonyl (C=O) groups excluding carboxylic acids is 1. The van der Waals surface area contributed by atoms with E-state index in [9.17, 15) is 18.0 Å². The SMILES string of the molecule is CC(C)(C)OC(=O)NC12CC(c3cnc(OCCCOC(F)(F)F)o3)(C1)C2. The molecule has 1 aromatic heterocycles. The molecule has 0 unspecified atom stereocenters. The Morgan fingerprint density at radius 3 is 2.52 bits per heavy atom. The third kappa shape index (κ3) is 4.66. The molecule has 1 heterocycles. The highest BCUT2D eigenvalue weighted by Crippen LogP contribution is 2.68. The molecule has 0 spiro atoms. The summed E-state index contributed by atoms with van der Waals surface area (Å²) in [6.45, 7) is 4.94. The van der Waals surface area contributed by atoms with Crippen molar-refractivity contribution in [1.82, 2.24) is 10.3 Å². The molecular formula is C17H23F3N2O5. The third-order valence-corrected chi connectivity index (χ3v) is 4.58. The van der Waals surface area contributed by atoms with Crippen LogP contribution in [0.15, 0.2) is 10.6 Å². The molecule has 1 N–H and O–H groups in total. The highest BCUT2D eigenvalue weighted by atomic mass is 19.4.